The predicted molar refractivity (Wildman–Crippen MR) is 68.9 cm³/mol. The van der Waals surface area contributed by atoms with Crippen LogP contribution in [0.1, 0.15) is 11.1 Å². The molecule has 92 valence electrons. The maximum atomic E-state index is 10.5. The Morgan fingerprint density at radius 3 is 2.44 bits per heavy atom. The third-order valence-corrected chi connectivity index (χ3v) is 2.69. The van der Waals surface area contributed by atoms with Crippen LogP contribution >= 0.6 is 0 Å². The first-order valence-electron chi connectivity index (χ1n) is 5.55. The van der Waals surface area contributed by atoms with Crippen LogP contribution < -0.4 is 4.74 Å². The topological polar surface area (TPSA) is 52.4 Å². The first-order chi connectivity index (χ1) is 8.69. The highest BCUT2D eigenvalue weighted by molar-refractivity contribution is 5.37. The van der Waals surface area contributed by atoms with E-state index in [4.69, 9.17) is 4.74 Å². The fourth-order valence-electron chi connectivity index (χ4n) is 1.75. The van der Waals surface area contributed by atoms with Gasteiger partial charge in [-0.25, -0.2) is 0 Å². The van der Waals surface area contributed by atoms with Crippen LogP contribution in [0.3, 0.4) is 0 Å². The molecule has 0 fully saturated rings. The van der Waals surface area contributed by atoms with Gasteiger partial charge < -0.3 is 4.74 Å². The van der Waals surface area contributed by atoms with Gasteiger partial charge in [0.25, 0.3) is 5.69 Å². The van der Waals surface area contributed by atoms with E-state index in [9.17, 15) is 10.1 Å². The Kier molecular flexibility index (Phi) is 3.57. The van der Waals surface area contributed by atoms with E-state index in [-0.39, 0.29) is 5.69 Å². The molecule has 0 spiro atoms. The number of rotatable bonds is 4. The molecule has 4 nitrogen and oxygen atoms in total. The summed E-state index contributed by atoms with van der Waals surface area (Å²) in [5.74, 6) is 0.814. The monoisotopic (exact) mass is 243 g/mol. The lowest BCUT2D eigenvalue weighted by atomic mass is 10.0. The molecule has 0 amide bonds. The number of non-ortho nitro benzene ring substituents is 1. The van der Waals surface area contributed by atoms with Crippen molar-refractivity contribution in [2.45, 2.75) is 6.42 Å². The van der Waals surface area contributed by atoms with Crippen molar-refractivity contribution in [1.82, 2.24) is 0 Å². The van der Waals surface area contributed by atoms with E-state index in [1.54, 1.807) is 19.2 Å². The SMILES string of the molecule is COc1cccc(Cc2ccc([N+](=O)[O-])cc2)c1. The molecular formula is C14H13NO3. The minimum absolute atomic E-state index is 0.115. The lowest BCUT2D eigenvalue weighted by molar-refractivity contribution is -0.384. The van der Waals surface area contributed by atoms with Crippen LogP contribution in [-0.2, 0) is 6.42 Å². The van der Waals surface area contributed by atoms with Crippen LogP contribution in [0.2, 0.25) is 0 Å². The summed E-state index contributed by atoms with van der Waals surface area (Å²) in [4.78, 5) is 10.1. The molecule has 0 aromatic heterocycles. The van der Waals surface area contributed by atoms with Crippen LogP contribution in [0, 0.1) is 10.1 Å². The van der Waals surface area contributed by atoms with Gasteiger partial charge in [-0.1, -0.05) is 24.3 Å². The quantitative estimate of drug-likeness (QED) is 0.612. The van der Waals surface area contributed by atoms with Crippen molar-refractivity contribution in [3.8, 4) is 5.75 Å². The first-order valence-corrected chi connectivity index (χ1v) is 5.55. The van der Waals surface area contributed by atoms with E-state index in [1.165, 1.54) is 12.1 Å². The Morgan fingerprint density at radius 2 is 1.83 bits per heavy atom. The van der Waals surface area contributed by atoms with Crippen molar-refractivity contribution in [2.75, 3.05) is 7.11 Å². The second-order valence-corrected chi connectivity index (χ2v) is 3.95. The zero-order valence-corrected chi connectivity index (χ0v) is 10.00. The molecule has 0 aliphatic heterocycles. The van der Waals surface area contributed by atoms with Gasteiger partial charge in [-0.3, -0.25) is 10.1 Å². The number of hydrogen-bond acceptors (Lipinski definition) is 3. The fraction of sp³-hybridized carbons (Fsp3) is 0.143. The normalized spacial score (nSPS) is 10.1. The molecule has 0 saturated heterocycles. The Labute approximate surface area is 105 Å². The summed E-state index contributed by atoms with van der Waals surface area (Å²) in [6.07, 6.45) is 0.731. The van der Waals surface area contributed by atoms with Gasteiger partial charge >= 0.3 is 0 Å². The smallest absolute Gasteiger partial charge is 0.269 e. The number of nitro benzene ring substituents is 1. The standard InChI is InChI=1S/C14H13NO3/c1-18-14-4-2-3-12(10-14)9-11-5-7-13(8-6-11)15(16)17/h2-8,10H,9H2,1H3. The maximum absolute atomic E-state index is 10.5. The molecule has 0 radical (unpaired) electrons. The molecule has 0 heterocycles. The third kappa shape index (κ3) is 2.85. The molecule has 0 bridgehead atoms. The molecule has 4 heteroatoms. The van der Waals surface area contributed by atoms with Gasteiger partial charge in [-0.05, 0) is 29.7 Å². The molecule has 0 saturated carbocycles. The molecule has 2 aromatic carbocycles. The highest BCUT2D eigenvalue weighted by Gasteiger charge is 2.04. The summed E-state index contributed by atoms with van der Waals surface area (Å²) in [5.41, 5.74) is 2.27. The number of hydrogen-bond donors (Lipinski definition) is 0. The minimum atomic E-state index is -0.394. The van der Waals surface area contributed by atoms with Crippen LogP contribution in [0.25, 0.3) is 0 Å². The van der Waals surface area contributed by atoms with Crippen molar-refractivity contribution in [3.05, 3.63) is 69.8 Å². The number of nitro groups is 1. The van der Waals surface area contributed by atoms with Gasteiger partial charge in [0.15, 0.2) is 0 Å². The molecule has 18 heavy (non-hydrogen) atoms. The summed E-state index contributed by atoms with van der Waals surface area (Å²) >= 11 is 0. The number of nitrogens with zero attached hydrogens (tertiary/aromatic N) is 1. The molecule has 2 aromatic rings. The molecule has 0 aliphatic carbocycles. The van der Waals surface area contributed by atoms with Gasteiger partial charge in [0.05, 0.1) is 12.0 Å². The lowest BCUT2D eigenvalue weighted by Crippen LogP contribution is -1.91. The number of methoxy groups -OCH3 is 1. The second kappa shape index (κ2) is 5.31. The van der Waals surface area contributed by atoms with E-state index in [0.717, 1.165) is 23.3 Å². The molecule has 0 aliphatic rings. The third-order valence-electron chi connectivity index (χ3n) is 2.69. The second-order valence-electron chi connectivity index (χ2n) is 3.95. The average Bonchev–Trinajstić information content (AvgIpc) is 2.39. The number of ether oxygens (including phenoxy) is 1. The van der Waals surface area contributed by atoms with Gasteiger partial charge in [0.1, 0.15) is 5.75 Å². The summed E-state index contributed by atoms with van der Waals surface area (Å²) in [6, 6.07) is 14.4. The highest BCUT2D eigenvalue weighted by atomic mass is 16.6. The zero-order chi connectivity index (χ0) is 13.0. The van der Waals surface area contributed by atoms with E-state index < -0.39 is 4.92 Å². The van der Waals surface area contributed by atoms with Crippen molar-refractivity contribution in [1.29, 1.82) is 0 Å². The Hall–Kier alpha value is -2.36. The average molecular weight is 243 g/mol. The van der Waals surface area contributed by atoms with Gasteiger partial charge in [-0.2, -0.15) is 0 Å². The molecule has 0 N–H and O–H groups in total. The van der Waals surface area contributed by atoms with Gasteiger partial charge in [0.2, 0.25) is 0 Å². The molecular weight excluding hydrogens is 230 g/mol. The molecule has 2 rings (SSSR count). The predicted octanol–water partition coefficient (Wildman–Crippen LogP) is 3.19. The van der Waals surface area contributed by atoms with Crippen molar-refractivity contribution in [3.63, 3.8) is 0 Å². The van der Waals surface area contributed by atoms with Crippen LogP contribution in [-0.4, -0.2) is 12.0 Å². The summed E-state index contributed by atoms with van der Waals surface area (Å²) in [6.45, 7) is 0. The van der Waals surface area contributed by atoms with Crippen LogP contribution in [0.15, 0.2) is 48.5 Å². The van der Waals surface area contributed by atoms with Crippen LogP contribution in [0.4, 0.5) is 5.69 Å². The molecule has 0 atom stereocenters. The Bertz CT molecular complexity index is 549. The number of benzene rings is 2. The van der Waals surface area contributed by atoms with E-state index in [1.807, 2.05) is 24.3 Å². The zero-order valence-electron chi connectivity index (χ0n) is 10.00. The van der Waals surface area contributed by atoms with E-state index in [0.29, 0.717) is 0 Å². The summed E-state index contributed by atoms with van der Waals surface area (Å²) in [7, 11) is 1.63. The summed E-state index contributed by atoms with van der Waals surface area (Å²) in [5, 5.41) is 10.5. The molecule has 0 unspecified atom stereocenters. The highest BCUT2D eigenvalue weighted by Crippen LogP contribution is 2.18. The van der Waals surface area contributed by atoms with Crippen molar-refractivity contribution in [2.24, 2.45) is 0 Å². The van der Waals surface area contributed by atoms with Gasteiger partial charge in [0, 0.05) is 12.1 Å². The first kappa shape index (κ1) is 12.1. The van der Waals surface area contributed by atoms with Crippen molar-refractivity contribution >= 4 is 5.69 Å². The maximum Gasteiger partial charge on any atom is 0.269 e. The summed E-state index contributed by atoms with van der Waals surface area (Å²) < 4.78 is 5.15. The van der Waals surface area contributed by atoms with Gasteiger partial charge in [-0.15, -0.1) is 0 Å². The Morgan fingerprint density at radius 1 is 1.11 bits per heavy atom. The van der Waals surface area contributed by atoms with E-state index >= 15 is 0 Å². The fourth-order valence-corrected chi connectivity index (χ4v) is 1.75. The van der Waals surface area contributed by atoms with Crippen LogP contribution in [0.5, 0.6) is 5.75 Å². The lowest BCUT2D eigenvalue weighted by Gasteiger charge is -2.04. The van der Waals surface area contributed by atoms with E-state index in [2.05, 4.69) is 0 Å². The Balaban J connectivity index is 2.15. The minimum Gasteiger partial charge on any atom is -0.497 e. The van der Waals surface area contributed by atoms with Crippen molar-refractivity contribution < 1.29 is 9.66 Å². The largest absolute Gasteiger partial charge is 0.497 e.